The molecule has 0 aliphatic carbocycles. The maximum absolute atomic E-state index is 13.7. The summed E-state index contributed by atoms with van der Waals surface area (Å²) in [5, 5.41) is 5.01. The van der Waals surface area contributed by atoms with Crippen LogP contribution in [0.2, 0.25) is 0 Å². The van der Waals surface area contributed by atoms with E-state index < -0.39 is 5.79 Å². The number of hydrogen-bond acceptors (Lipinski definition) is 5. The van der Waals surface area contributed by atoms with Gasteiger partial charge in [-0.05, 0) is 54.4 Å². The molecule has 0 unspecified atom stereocenters. The third-order valence-corrected chi connectivity index (χ3v) is 6.93. The zero-order valence-electron chi connectivity index (χ0n) is 20.4. The van der Waals surface area contributed by atoms with Crippen LogP contribution in [0.15, 0.2) is 72.9 Å². The molecule has 0 spiro atoms. The van der Waals surface area contributed by atoms with Gasteiger partial charge in [0.15, 0.2) is 5.79 Å². The number of benzene rings is 2. The Bertz CT molecular complexity index is 1350. The monoisotopic (exact) mass is 484 g/mol. The topological polar surface area (TPSA) is 52.4 Å². The molecule has 0 radical (unpaired) electrons. The first kappa shape index (κ1) is 23.0. The first-order valence-electron chi connectivity index (χ1n) is 12.4. The number of pyridine rings is 1. The highest BCUT2D eigenvalue weighted by Crippen LogP contribution is 2.37. The van der Waals surface area contributed by atoms with E-state index in [0.717, 1.165) is 60.0 Å². The van der Waals surface area contributed by atoms with E-state index in [1.54, 1.807) is 12.1 Å². The van der Waals surface area contributed by atoms with E-state index in [-0.39, 0.29) is 5.82 Å². The van der Waals surface area contributed by atoms with Crippen molar-refractivity contribution in [3.63, 3.8) is 0 Å². The standard InChI is InChI=1S/C29H29FN4O2/c1-29(35-15-16-36-29)18-25-17-23(11-12-31-25)27-26-20-33(19-21-5-3-2-4-6-21)13-14-34(26)32-28(27)22-7-9-24(30)10-8-22/h2-12,17H,13-16,18-20H2,1H3. The molecule has 2 aliphatic heterocycles. The van der Waals surface area contributed by atoms with Gasteiger partial charge < -0.3 is 9.47 Å². The van der Waals surface area contributed by atoms with Crippen LogP contribution in [0, 0.1) is 5.82 Å². The summed E-state index contributed by atoms with van der Waals surface area (Å²) in [5.74, 6) is -0.912. The van der Waals surface area contributed by atoms with Crippen molar-refractivity contribution >= 4 is 0 Å². The lowest BCUT2D eigenvalue weighted by Gasteiger charge is -2.28. The third kappa shape index (κ3) is 4.69. The highest BCUT2D eigenvalue weighted by Gasteiger charge is 2.32. The van der Waals surface area contributed by atoms with Crippen molar-refractivity contribution in [3.05, 3.63) is 95.7 Å². The predicted molar refractivity (Wildman–Crippen MR) is 135 cm³/mol. The number of halogens is 1. The molecule has 1 fully saturated rings. The van der Waals surface area contributed by atoms with Crippen LogP contribution in [0.25, 0.3) is 22.4 Å². The minimum Gasteiger partial charge on any atom is -0.347 e. The summed E-state index contributed by atoms with van der Waals surface area (Å²) >= 11 is 0. The van der Waals surface area contributed by atoms with Gasteiger partial charge in [0.05, 0.1) is 25.5 Å². The van der Waals surface area contributed by atoms with Crippen LogP contribution in [0.5, 0.6) is 0 Å². The Kier molecular flexibility index (Phi) is 6.13. The molecule has 6 nitrogen and oxygen atoms in total. The molecule has 4 heterocycles. The summed E-state index contributed by atoms with van der Waals surface area (Å²) in [6, 6.07) is 21.3. The molecule has 36 heavy (non-hydrogen) atoms. The number of ether oxygens (including phenoxy) is 2. The molecule has 0 N–H and O–H groups in total. The van der Waals surface area contributed by atoms with Crippen molar-refractivity contribution in [1.82, 2.24) is 19.7 Å². The second-order valence-electron chi connectivity index (χ2n) is 9.64. The Morgan fingerprint density at radius 3 is 2.50 bits per heavy atom. The van der Waals surface area contributed by atoms with Crippen molar-refractivity contribution in [1.29, 1.82) is 0 Å². The van der Waals surface area contributed by atoms with Crippen LogP contribution < -0.4 is 0 Å². The lowest BCUT2D eigenvalue weighted by Crippen LogP contribution is -2.33. The molecule has 2 aliphatic rings. The van der Waals surface area contributed by atoms with Crippen molar-refractivity contribution in [2.24, 2.45) is 0 Å². The average Bonchev–Trinajstić information content (AvgIpc) is 3.48. The molecule has 6 rings (SSSR count). The molecule has 2 aromatic carbocycles. The molecule has 184 valence electrons. The predicted octanol–water partition coefficient (Wildman–Crippen LogP) is 5.07. The van der Waals surface area contributed by atoms with Crippen molar-refractivity contribution in [2.45, 2.75) is 38.8 Å². The van der Waals surface area contributed by atoms with Gasteiger partial charge in [0.2, 0.25) is 0 Å². The van der Waals surface area contributed by atoms with Crippen LogP contribution in [0.1, 0.15) is 23.9 Å². The van der Waals surface area contributed by atoms with Gasteiger partial charge in [0.1, 0.15) is 11.5 Å². The van der Waals surface area contributed by atoms with Gasteiger partial charge in [0, 0.05) is 49.1 Å². The van der Waals surface area contributed by atoms with Gasteiger partial charge in [0.25, 0.3) is 0 Å². The normalized spacial score (nSPS) is 17.3. The van der Waals surface area contributed by atoms with Crippen LogP contribution in [-0.4, -0.2) is 45.2 Å². The molecule has 2 aromatic heterocycles. The summed E-state index contributed by atoms with van der Waals surface area (Å²) in [6.45, 7) is 6.53. The summed E-state index contributed by atoms with van der Waals surface area (Å²) in [7, 11) is 0. The van der Waals surface area contributed by atoms with Gasteiger partial charge in [-0.1, -0.05) is 30.3 Å². The van der Waals surface area contributed by atoms with Crippen molar-refractivity contribution < 1.29 is 13.9 Å². The molecule has 4 aromatic rings. The van der Waals surface area contributed by atoms with E-state index >= 15 is 0 Å². The van der Waals surface area contributed by atoms with Crippen LogP contribution in [-0.2, 0) is 35.5 Å². The Balaban J connectivity index is 1.39. The number of aromatic nitrogens is 3. The van der Waals surface area contributed by atoms with Crippen molar-refractivity contribution in [3.8, 4) is 22.4 Å². The number of nitrogens with zero attached hydrogens (tertiary/aromatic N) is 4. The minimum absolute atomic E-state index is 0.255. The zero-order valence-corrected chi connectivity index (χ0v) is 20.4. The molecule has 0 saturated carbocycles. The number of fused-ring (bicyclic) bond motifs is 1. The molecular formula is C29H29FN4O2. The second-order valence-corrected chi connectivity index (χ2v) is 9.64. The lowest BCUT2D eigenvalue weighted by molar-refractivity contribution is -0.140. The van der Waals surface area contributed by atoms with E-state index in [2.05, 4.69) is 44.9 Å². The maximum atomic E-state index is 13.7. The quantitative estimate of drug-likeness (QED) is 0.382. The highest BCUT2D eigenvalue weighted by atomic mass is 19.1. The van der Waals surface area contributed by atoms with Gasteiger partial charge in [-0.15, -0.1) is 0 Å². The first-order chi connectivity index (χ1) is 17.6. The van der Waals surface area contributed by atoms with E-state index in [1.807, 2.05) is 25.3 Å². The molecule has 1 saturated heterocycles. The van der Waals surface area contributed by atoms with Crippen LogP contribution in [0.3, 0.4) is 0 Å². The largest absolute Gasteiger partial charge is 0.347 e. The minimum atomic E-state index is -0.656. The Morgan fingerprint density at radius 1 is 0.944 bits per heavy atom. The fourth-order valence-electron chi connectivity index (χ4n) is 5.18. The van der Waals surface area contributed by atoms with E-state index in [4.69, 9.17) is 14.6 Å². The molecule has 0 amide bonds. The maximum Gasteiger partial charge on any atom is 0.171 e. The second kappa shape index (κ2) is 9.58. The van der Waals surface area contributed by atoms with Gasteiger partial charge in [-0.25, -0.2) is 4.39 Å². The van der Waals surface area contributed by atoms with Gasteiger partial charge in [-0.3, -0.25) is 14.6 Å². The van der Waals surface area contributed by atoms with E-state index in [1.165, 1.54) is 17.7 Å². The molecule has 0 bridgehead atoms. The van der Waals surface area contributed by atoms with Gasteiger partial charge >= 0.3 is 0 Å². The Morgan fingerprint density at radius 2 is 1.72 bits per heavy atom. The highest BCUT2D eigenvalue weighted by molar-refractivity contribution is 5.83. The Hall–Kier alpha value is -3.39. The SMILES string of the molecule is CC1(Cc2cc(-c3c(-c4ccc(F)cc4)nn4c3CN(Cc3ccccc3)CC4)ccn2)OCCO1. The van der Waals surface area contributed by atoms with E-state index in [0.29, 0.717) is 19.6 Å². The zero-order chi connectivity index (χ0) is 24.5. The first-order valence-corrected chi connectivity index (χ1v) is 12.4. The number of hydrogen-bond donors (Lipinski definition) is 0. The summed E-state index contributed by atoms with van der Waals surface area (Å²) in [4.78, 5) is 7.06. The summed E-state index contributed by atoms with van der Waals surface area (Å²) in [6.07, 6.45) is 2.41. The van der Waals surface area contributed by atoms with Crippen molar-refractivity contribution in [2.75, 3.05) is 19.8 Å². The van der Waals surface area contributed by atoms with Gasteiger partial charge in [-0.2, -0.15) is 5.10 Å². The fourth-order valence-corrected chi connectivity index (χ4v) is 5.18. The van der Waals surface area contributed by atoms with Crippen LogP contribution in [0.4, 0.5) is 4.39 Å². The summed E-state index contributed by atoms with van der Waals surface area (Å²) in [5.41, 5.74) is 7.23. The smallest absolute Gasteiger partial charge is 0.171 e. The van der Waals surface area contributed by atoms with Crippen LogP contribution >= 0.6 is 0 Å². The lowest BCUT2D eigenvalue weighted by atomic mass is 9.97. The fraction of sp³-hybridized carbons (Fsp3) is 0.310. The third-order valence-electron chi connectivity index (χ3n) is 6.93. The number of rotatable bonds is 6. The summed E-state index contributed by atoms with van der Waals surface area (Å²) < 4.78 is 27.5. The molecular weight excluding hydrogens is 455 g/mol. The average molecular weight is 485 g/mol. The molecule has 0 atom stereocenters. The Labute approximate surface area is 210 Å². The van der Waals surface area contributed by atoms with E-state index in [9.17, 15) is 4.39 Å². The molecule has 7 heteroatoms.